The molecule has 0 bridgehead atoms. The molecule has 0 aromatic heterocycles. The summed E-state index contributed by atoms with van der Waals surface area (Å²) in [5.74, 6) is 0. The SMILES string of the molecule is Cc1cc(CO)ccc1N1CCN(C(C)C)CC1. The maximum absolute atomic E-state index is 9.14. The van der Waals surface area contributed by atoms with E-state index in [1.165, 1.54) is 11.3 Å². The number of hydrogen-bond donors (Lipinski definition) is 1. The molecule has 18 heavy (non-hydrogen) atoms. The van der Waals surface area contributed by atoms with Crippen molar-refractivity contribution in [2.75, 3.05) is 31.1 Å². The van der Waals surface area contributed by atoms with Crippen LogP contribution in [-0.4, -0.2) is 42.2 Å². The molecule has 0 atom stereocenters. The zero-order valence-electron chi connectivity index (χ0n) is 11.7. The summed E-state index contributed by atoms with van der Waals surface area (Å²) in [6, 6.07) is 6.90. The van der Waals surface area contributed by atoms with Crippen LogP contribution >= 0.6 is 0 Å². The van der Waals surface area contributed by atoms with Crippen LogP contribution in [0.15, 0.2) is 18.2 Å². The Morgan fingerprint density at radius 3 is 2.33 bits per heavy atom. The molecule has 1 aliphatic rings. The van der Waals surface area contributed by atoms with Crippen molar-refractivity contribution in [3.05, 3.63) is 29.3 Å². The summed E-state index contributed by atoms with van der Waals surface area (Å²) in [5, 5.41) is 9.14. The molecule has 0 unspecified atom stereocenters. The molecule has 100 valence electrons. The smallest absolute Gasteiger partial charge is 0.0681 e. The van der Waals surface area contributed by atoms with Gasteiger partial charge in [0.05, 0.1) is 6.61 Å². The Hall–Kier alpha value is -1.06. The summed E-state index contributed by atoms with van der Waals surface area (Å²) in [6.45, 7) is 11.2. The molecular formula is C15H24N2O. The highest BCUT2D eigenvalue weighted by atomic mass is 16.3. The molecule has 1 aromatic rings. The van der Waals surface area contributed by atoms with E-state index in [9.17, 15) is 0 Å². The predicted molar refractivity (Wildman–Crippen MR) is 76.0 cm³/mol. The topological polar surface area (TPSA) is 26.7 Å². The van der Waals surface area contributed by atoms with E-state index in [2.05, 4.69) is 42.7 Å². The number of aryl methyl sites for hydroxylation is 1. The molecule has 2 rings (SSSR count). The van der Waals surface area contributed by atoms with E-state index >= 15 is 0 Å². The van der Waals surface area contributed by atoms with Crippen LogP contribution in [0.2, 0.25) is 0 Å². The van der Waals surface area contributed by atoms with Crippen molar-refractivity contribution in [3.63, 3.8) is 0 Å². The van der Waals surface area contributed by atoms with Gasteiger partial charge in [-0.15, -0.1) is 0 Å². The molecule has 1 fully saturated rings. The minimum Gasteiger partial charge on any atom is -0.392 e. The van der Waals surface area contributed by atoms with Gasteiger partial charge in [0.1, 0.15) is 0 Å². The molecule has 0 saturated carbocycles. The summed E-state index contributed by atoms with van der Waals surface area (Å²) in [4.78, 5) is 4.98. The Morgan fingerprint density at radius 2 is 1.83 bits per heavy atom. The average Bonchev–Trinajstić information content (AvgIpc) is 2.38. The van der Waals surface area contributed by atoms with Crippen molar-refractivity contribution in [2.24, 2.45) is 0 Å². The third-order valence-electron chi connectivity index (χ3n) is 3.83. The van der Waals surface area contributed by atoms with E-state index in [-0.39, 0.29) is 6.61 Å². The second-order valence-electron chi connectivity index (χ2n) is 5.40. The van der Waals surface area contributed by atoms with E-state index < -0.39 is 0 Å². The highest BCUT2D eigenvalue weighted by Gasteiger charge is 2.19. The van der Waals surface area contributed by atoms with Crippen LogP contribution in [0.4, 0.5) is 5.69 Å². The number of anilines is 1. The highest BCUT2D eigenvalue weighted by Crippen LogP contribution is 2.23. The lowest BCUT2D eigenvalue weighted by Gasteiger charge is -2.38. The fourth-order valence-electron chi connectivity index (χ4n) is 2.65. The van der Waals surface area contributed by atoms with Gasteiger partial charge in [-0.25, -0.2) is 0 Å². The number of aliphatic hydroxyl groups is 1. The van der Waals surface area contributed by atoms with Gasteiger partial charge in [0.2, 0.25) is 0 Å². The molecular weight excluding hydrogens is 224 g/mol. The first kappa shape index (κ1) is 13.4. The lowest BCUT2D eigenvalue weighted by atomic mass is 10.1. The van der Waals surface area contributed by atoms with Crippen molar-refractivity contribution in [1.82, 2.24) is 4.90 Å². The van der Waals surface area contributed by atoms with Gasteiger partial charge in [-0.05, 0) is 38.0 Å². The van der Waals surface area contributed by atoms with Gasteiger partial charge in [0.25, 0.3) is 0 Å². The van der Waals surface area contributed by atoms with E-state index in [0.717, 1.165) is 31.7 Å². The van der Waals surface area contributed by atoms with Gasteiger partial charge in [-0.2, -0.15) is 0 Å². The van der Waals surface area contributed by atoms with Crippen LogP contribution in [0.3, 0.4) is 0 Å². The normalized spacial score (nSPS) is 17.5. The van der Waals surface area contributed by atoms with E-state index in [1.807, 2.05) is 6.07 Å². The zero-order chi connectivity index (χ0) is 13.1. The molecule has 3 heteroatoms. The van der Waals surface area contributed by atoms with Gasteiger partial charge >= 0.3 is 0 Å². The van der Waals surface area contributed by atoms with Gasteiger partial charge in [-0.1, -0.05) is 12.1 Å². The first-order chi connectivity index (χ1) is 8.61. The average molecular weight is 248 g/mol. The van der Waals surface area contributed by atoms with Gasteiger partial charge in [-0.3, -0.25) is 4.90 Å². The quantitative estimate of drug-likeness (QED) is 0.886. The van der Waals surface area contributed by atoms with Crippen molar-refractivity contribution < 1.29 is 5.11 Å². The first-order valence-corrected chi connectivity index (χ1v) is 6.81. The monoisotopic (exact) mass is 248 g/mol. The molecule has 1 aliphatic heterocycles. The van der Waals surface area contributed by atoms with Crippen molar-refractivity contribution in [3.8, 4) is 0 Å². The molecule has 0 aliphatic carbocycles. The predicted octanol–water partition coefficient (Wildman–Crippen LogP) is 2.02. The molecule has 3 nitrogen and oxygen atoms in total. The fraction of sp³-hybridized carbons (Fsp3) is 0.600. The number of rotatable bonds is 3. The molecule has 1 aromatic carbocycles. The van der Waals surface area contributed by atoms with Crippen LogP contribution in [0.5, 0.6) is 0 Å². The van der Waals surface area contributed by atoms with Crippen LogP contribution in [0.1, 0.15) is 25.0 Å². The van der Waals surface area contributed by atoms with Gasteiger partial charge < -0.3 is 10.0 Å². The molecule has 0 spiro atoms. The molecule has 1 heterocycles. The number of benzene rings is 1. The standard InChI is InChI=1S/C15H24N2O/c1-12(2)16-6-8-17(9-7-16)15-5-4-14(11-18)10-13(15)3/h4-5,10,12,18H,6-9,11H2,1-3H3. The number of hydrogen-bond acceptors (Lipinski definition) is 3. The first-order valence-electron chi connectivity index (χ1n) is 6.81. The van der Waals surface area contributed by atoms with E-state index in [1.54, 1.807) is 0 Å². The minimum atomic E-state index is 0.127. The Bertz CT molecular complexity index is 395. The maximum Gasteiger partial charge on any atom is 0.0681 e. The molecule has 0 amide bonds. The summed E-state index contributed by atoms with van der Waals surface area (Å²) < 4.78 is 0. The van der Waals surface area contributed by atoms with Crippen LogP contribution in [0, 0.1) is 6.92 Å². The Kier molecular flexibility index (Phi) is 4.25. The van der Waals surface area contributed by atoms with Crippen LogP contribution in [-0.2, 0) is 6.61 Å². The lowest BCUT2D eigenvalue weighted by molar-refractivity contribution is 0.209. The second-order valence-corrected chi connectivity index (χ2v) is 5.40. The maximum atomic E-state index is 9.14. The highest BCUT2D eigenvalue weighted by molar-refractivity contribution is 5.54. The number of aliphatic hydroxyl groups excluding tert-OH is 1. The second kappa shape index (κ2) is 5.72. The van der Waals surface area contributed by atoms with Crippen molar-refractivity contribution in [1.29, 1.82) is 0 Å². The minimum absolute atomic E-state index is 0.127. The van der Waals surface area contributed by atoms with Crippen molar-refractivity contribution in [2.45, 2.75) is 33.4 Å². The summed E-state index contributed by atoms with van der Waals surface area (Å²) >= 11 is 0. The number of piperazine rings is 1. The number of nitrogens with zero attached hydrogens (tertiary/aromatic N) is 2. The van der Waals surface area contributed by atoms with Gasteiger partial charge in [0.15, 0.2) is 0 Å². The van der Waals surface area contributed by atoms with Crippen LogP contribution in [0.25, 0.3) is 0 Å². The van der Waals surface area contributed by atoms with Crippen molar-refractivity contribution >= 4 is 5.69 Å². The largest absolute Gasteiger partial charge is 0.392 e. The summed E-state index contributed by atoms with van der Waals surface area (Å²) in [5.41, 5.74) is 3.58. The van der Waals surface area contributed by atoms with Gasteiger partial charge in [0, 0.05) is 37.9 Å². The molecule has 1 N–H and O–H groups in total. The van der Waals surface area contributed by atoms with E-state index in [4.69, 9.17) is 5.11 Å². The summed E-state index contributed by atoms with van der Waals surface area (Å²) in [7, 11) is 0. The Labute approximate surface area is 110 Å². The Morgan fingerprint density at radius 1 is 1.17 bits per heavy atom. The fourth-order valence-corrected chi connectivity index (χ4v) is 2.65. The third kappa shape index (κ3) is 2.85. The lowest BCUT2D eigenvalue weighted by Crippen LogP contribution is -2.49. The zero-order valence-corrected chi connectivity index (χ0v) is 11.7. The third-order valence-corrected chi connectivity index (χ3v) is 3.83. The Balaban J connectivity index is 2.05. The molecule has 1 saturated heterocycles. The summed E-state index contributed by atoms with van der Waals surface area (Å²) in [6.07, 6.45) is 0. The molecule has 0 radical (unpaired) electrons. The van der Waals surface area contributed by atoms with Crippen LogP contribution < -0.4 is 4.90 Å². The van der Waals surface area contributed by atoms with E-state index in [0.29, 0.717) is 6.04 Å².